The van der Waals surface area contributed by atoms with Gasteiger partial charge in [0.2, 0.25) is 0 Å². The molecule has 0 aliphatic rings. The maximum absolute atomic E-state index is 11.5. The van der Waals surface area contributed by atoms with E-state index in [0.29, 0.717) is 19.4 Å². The van der Waals surface area contributed by atoms with Gasteiger partial charge in [-0.3, -0.25) is 14.4 Å². The minimum atomic E-state index is -0.782. The third kappa shape index (κ3) is 2.66. The van der Waals surface area contributed by atoms with Gasteiger partial charge in [0.25, 0.3) is 0 Å². The molecular formula is C12H21N3O2. The third-order valence-corrected chi connectivity index (χ3v) is 3.48. The van der Waals surface area contributed by atoms with Crippen LogP contribution >= 0.6 is 0 Å². The molecular weight excluding hydrogens is 218 g/mol. The lowest BCUT2D eigenvalue weighted by atomic mass is 9.91. The molecule has 1 aromatic heterocycles. The van der Waals surface area contributed by atoms with E-state index in [4.69, 9.17) is 0 Å². The molecule has 1 heterocycles. The second-order valence-electron chi connectivity index (χ2n) is 4.42. The first kappa shape index (κ1) is 13.7. The monoisotopic (exact) mass is 239 g/mol. The van der Waals surface area contributed by atoms with Crippen LogP contribution in [0.1, 0.15) is 32.3 Å². The summed E-state index contributed by atoms with van der Waals surface area (Å²) in [5, 5.41) is 13.5. The van der Waals surface area contributed by atoms with Crippen LogP contribution in [-0.4, -0.2) is 38.3 Å². The lowest BCUT2D eigenvalue weighted by Gasteiger charge is -2.36. The number of rotatable bonds is 6. The molecule has 1 N–H and O–H groups in total. The first-order chi connectivity index (χ1) is 7.96. The van der Waals surface area contributed by atoms with E-state index in [9.17, 15) is 9.90 Å². The van der Waals surface area contributed by atoms with E-state index in [1.54, 1.807) is 10.9 Å². The number of carbonyl (C=O) groups is 1. The van der Waals surface area contributed by atoms with Crippen molar-refractivity contribution in [1.29, 1.82) is 0 Å². The summed E-state index contributed by atoms with van der Waals surface area (Å²) in [6.07, 6.45) is 4.87. The van der Waals surface area contributed by atoms with E-state index >= 15 is 0 Å². The van der Waals surface area contributed by atoms with Crippen LogP contribution < -0.4 is 0 Å². The van der Waals surface area contributed by atoms with E-state index in [-0.39, 0.29) is 0 Å². The minimum Gasteiger partial charge on any atom is -0.480 e. The van der Waals surface area contributed by atoms with Gasteiger partial charge < -0.3 is 5.11 Å². The smallest absolute Gasteiger partial charge is 0.324 e. The number of carboxylic acid groups (broad SMARTS) is 1. The van der Waals surface area contributed by atoms with Gasteiger partial charge in [0.1, 0.15) is 5.54 Å². The van der Waals surface area contributed by atoms with Crippen molar-refractivity contribution in [3.63, 3.8) is 0 Å². The maximum atomic E-state index is 11.5. The standard InChI is InChI=1S/C12H21N3O2/c1-5-12(6-2,11(16)17)14(3)8-10-7-13-15(4)9-10/h7,9H,5-6,8H2,1-4H3,(H,16,17). The molecule has 0 spiro atoms. The average molecular weight is 239 g/mol. The first-order valence-corrected chi connectivity index (χ1v) is 5.88. The Labute approximate surface area is 102 Å². The van der Waals surface area contributed by atoms with Gasteiger partial charge >= 0.3 is 5.97 Å². The van der Waals surface area contributed by atoms with Gasteiger partial charge in [-0.05, 0) is 19.9 Å². The highest BCUT2D eigenvalue weighted by Crippen LogP contribution is 2.24. The molecule has 0 unspecified atom stereocenters. The molecule has 0 aliphatic carbocycles. The summed E-state index contributed by atoms with van der Waals surface area (Å²) in [6, 6.07) is 0. The van der Waals surface area contributed by atoms with E-state index in [0.717, 1.165) is 5.56 Å². The molecule has 0 atom stereocenters. The van der Waals surface area contributed by atoms with Crippen molar-refractivity contribution >= 4 is 5.97 Å². The Bertz CT molecular complexity index is 383. The fourth-order valence-corrected chi connectivity index (χ4v) is 2.23. The average Bonchev–Trinajstić information content (AvgIpc) is 2.66. The van der Waals surface area contributed by atoms with Gasteiger partial charge in [-0.1, -0.05) is 13.8 Å². The second kappa shape index (κ2) is 5.31. The van der Waals surface area contributed by atoms with Gasteiger partial charge in [0, 0.05) is 25.4 Å². The minimum absolute atomic E-state index is 0.593. The number of nitrogens with zero attached hydrogens (tertiary/aromatic N) is 3. The summed E-state index contributed by atoms with van der Waals surface area (Å²) in [4.78, 5) is 13.4. The van der Waals surface area contributed by atoms with Crippen molar-refractivity contribution in [1.82, 2.24) is 14.7 Å². The Morgan fingerprint density at radius 1 is 1.53 bits per heavy atom. The zero-order chi connectivity index (χ0) is 13.1. The van der Waals surface area contributed by atoms with Crippen LogP contribution in [0.4, 0.5) is 0 Å². The summed E-state index contributed by atoms with van der Waals surface area (Å²) in [7, 11) is 3.71. The van der Waals surface area contributed by atoms with Crippen LogP contribution in [0.3, 0.4) is 0 Å². The number of likely N-dealkylation sites (N-methyl/N-ethyl adjacent to an activating group) is 1. The summed E-state index contributed by atoms with van der Waals surface area (Å²) >= 11 is 0. The zero-order valence-corrected chi connectivity index (χ0v) is 11.0. The van der Waals surface area contributed by atoms with Crippen molar-refractivity contribution in [2.75, 3.05) is 7.05 Å². The highest BCUT2D eigenvalue weighted by Gasteiger charge is 2.38. The van der Waals surface area contributed by atoms with Gasteiger partial charge in [-0.15, -0.1) is 0 Å². The van der Waals surface area contributed by atoms with Crippen molar-refractivity contribution in [3.05, 3.63) is 18.0 Å². The molecule has 17 heavy (non-hydrogen) atoms. The first-order valence-electron chi connectivity index (χ1n) is 5.88. The van der Waals surface area contributed by atoms with Crippen LogP contribution in [0, 0.1) is 0 Å². The summed E-state index contributed by atoms with van der Waals surface area (Å²) in [6.45, 7) is 4.43. The molecule has 5 heteroatoms. The maximum Gasteiger partial charge on any atom is 0.324 e. The molecule has 0 fully saturated rings. The Morgan fingerprint density at radius 3 is 2.47 bits per heavy atom. The normalized spacial score (nSPS) is 12.1. The SMILES string of the molecule is CCC(CC)(C(=O)O)N(C)Cc1cnn(C)c1. The summed E-state index contributed by atoms with van der Waals surface area (Å²) in [5.74, 6) is -0.756. The highest BCUT2D eigenvalue weighted by atomic mass is 16.4. The molecule has 96 valence electrons. The molecule has 1 rings (SSSR count). The van der Waals surface area contributed by atoms with Crippen molar-refractivity contribution in [2.45, 2.75) is 38.8 Å². The van der Waals surface area contributed by atoms with Crippen LogP contribution in [0.25, 0.3) is 0 Å². The van der Waals surface area contributed by atoms with E-state index in [2.05, 4.69) is 5.10 Å². The van der Waals surface area contributed by atoms with Crippen LogP contribution in [0.5, 0.6) is 0 Å². The van der Waals surface area contributed by atoms with Gasteiger partial charge in [-0.25, -0.2) is 0 Å². The van der Waals surface area contributed by atoms with E-state index in [1.807, 2.05) is 39.0 Å². The fraction of sp³-hybridized carbons (Fsp3) is 0.667. The van der Waals surface area contributed by atoms with Crippen LogP contribution in [-0.2, 0) is 18.4 Å². The summed E-state index contributed by atoms with van der Waals surface area (Å²) in [5.41, 5.74) is 0.248. The van der Waals surface area contributed by atoms with Gasteiger partial charge in [0.15, 0.2) is 0 Å². The number of aromatic nitrogens is 2. The highest BCUT2D eigenvalue weighted by molar-refractivity contribution is 5.78. The quantitative estimate of drug-likeness (QED) is 0.817. The number of carboxylic acids is 1. The topological polar surface area (TPSA) is 58.4 Å². The molecule has 0 aliphatic heterocycles. The number of aryl methyl sites for hydroxylation is 1. The molecule has 1 aromatic rings. The molecule has 0 saturated heterocycles. The molecule has 0 amide bonds. The van der Waals surface area contributed by atoms with Gasteiger partial charge in [-0.2, -0.15) is 5.10 Å². The fourth-order valence-electron chi connectivity index (χ4n) is 2.23. The van der Waals surface area contributed by atoms with E-state index in [1.165, 1.54) is 0 Å². The van der Waals surface area contributed by atoms with Crippen molar-refractivity contribution < 1.29 is 9.90 Å². The predicted molar refractivity (Wildman–Crippen MR) is 65.6 cm³/mol. The van der Waals surface area contributed by atoms with Crippen LogP contribution in [0.2, 0.25) is 0 Å². The molecule has 0 radical (unpaired) electrons. The zero-order valence-electron chi connectivity index (χ0n) is 11.0. The van der Waals surface area contributed by atoms with Crippen molar-refractivity contribution in [3.8, 4) is 0 Å². The summed E-state index contributed by atoms with van der Waals surface area (Å²) < 4.78 is 1.73. The number of hydrogen-bond acceptors (Lipinski definition) is 3. The van der Waals surface area contributed by atoms with Crippen molar-refractivity contribution in [2.24, 2.45) is 7.05 Å². The third-order valence-electron chi connectivity index (χ3n) is 3.48. The predicted octanol–water partition coefficient (Wildman–Crippen LogP) is 1.50. The molecule has 0 bridgehead atoms. The lowest BCUT2D eigenvalue weighted by molar-refractivity contribution is -0.151. The van der Waals surface area contributed by atoms with E-state index < -0.39 is 11.5 Å². The Kier molecular flexibility index (Phi) is 4.28. The Morgan fingerprint density at radius 2 is 2.12 bits per heavy atom. The molecule has 5 nitrogen and oxygen atoms in total. The molecule has 0 saturated carbocycles. The molecule has 0 aromatic carbocycles. The Balaban J connectivity index is 2.85. The van der Waals surface area contributed by atoms with Crippen LogP contribution in [0.15, 0.2) is 12.4 Å². The Hall–Kier alpha value is -1.36. The number of hydrogen-bond donors (Lipinski definition) is 1. The number of aliphatic carboxylic acids is 1. The second-order valence-corrected chi connectivity index (χ2v) is 4.42. The van der Waals surface area contributed by atoms with Gasteiger partial charge in [0.05, 0.1) is 6.20 Å². The lowest BCUT2D eigenvalue weighted by Crippen LogP contribution is -2.51. The largest absolute Gasteiger partial charge is 0.480 e.